The van der Waals surface area contributed by atoms with Crippen molar-refractivity contribution in [2.45, 2.75) is 140 Å². The summed E-state index contributed by atoms with van der Waals surface area (Å²) in [6.45, 7) is 9.93. The van der Waals surface area contributed by atoms with Gasteiger partial charge in [-0.3, -0.25) is 19.9 Å². The molecular formula is C50H67N11O4. The number of aromatic nitrogens is 6. The molecule has 7 heterocycles. The highest BCUT2D eigenvalue weighted by Gasteiger charge is 2.36. The van der Waals surface area contributed by atoms with Crippen LogP contribution in [0.25, 0.3) is 33.7 Å². The van der Waals surface area contributed by atoms with Crippen LogP contribution in [0.3, 0.4) is 0 Å². The summed E-state index contributed by atoms with van der Waals surface area (Å²) in [6.07, 6.45) is 20.5. The lowest BCUT2D eigenvalue weighted by Gasteiger charge is -2.32. The average Bonchev–Trinajstić information content (AvgIpc) is 3.94. The normalized spacial score (nSPS) is 19.0. The third kappa shape index (κ3) is 11.5. The molecule has 3 saturated heterocycles. The number of benzene rings is 1. The lowest BCUT2D eigenvalue weighted by Crippen LogP contribution is -2.47. The van der Waals surface area contributed by atoms with Gasteiger partial charge in [-0.15, -0.1) is 0 Å². The zero-order valence-electron chi connectivity index (χ0n) is 38.5. The Morgan fingerprint density at radius 3 is 2.18 bits per heavy atom. The molecular weight excluding hydrogens is 819 g/mol. The van der Waals surface area contributed by atoms with Crippen molar-refractivity contribution in [1.29, 1.82) is 0 Å². The van der Waals surface area contributed by atoms with Crippen LogP contribution in [0, 0.1) is 0 Å². The average molecular weight is 886 g/mol. The summed E-state index contributed by atoms with van der Waals surface area (Å²) >= 11 is 0. The predicted molar refractivity (Wildman–Crippen MR) is 253 cm³/mol. The van der Waals surface area contributed by atoms with Gasteiger partial charge in [0.15, 0.2) is 5.65 Å². The Morgan fingerprint density at radius 1 is 0.815 bits per heavy atom. The van der Waals surface area contributed by atoms with Gasteiger partial charge in [0.1, 0.15) is 41.6 Å². The number of fused-ring (bicyclic) bond motifs is 1. The van der Waals surface area contributed by atoms with Gasteiger partial charge in [0, 0.05) is 36.7 Å². The second kappa shape index (κ2) is 21.6. The molecule has 9 rings (SSSR count). The fourth-order valence-electron chi connectivity index (χ4n) is 9.64. The van der Waals surface area contributed by atoms with Gasteiger partial charge < -0.3 is 30.2 Å². The minimum atomic E-state index is -0.330. The van der Waals surface area contributed by atoms with Crippen LogP contribution < -0.4 is 16.4 Å². The molecule has 1 atom stereocenters. The van der Waals surface area contributed by atoms with E-state index in [1.165, 1.54) is 94.9 Å². The molecule has 1 aromatic carbocycles. The molecule has 3 aliphatic heterocycles. The first kappa shape index (κ1) is 46.0. The second-order valence-electron chi connectivity index (χ2n) is 18.9. The molecule has 0 spiro atoms. The topological polar surface area (TPSA) is 190 Å². The van der Waals surface area contributed by atoms with Crippen LogP contribution in [0.15, 0.2) is 53.4 Å². The van der Waals surface area contributed by atoms with Gasteiger partial charge in [-0.1, -0.05) is 49.0 Å². The largest absolute Gasteiger partial charge is 0.383 e. The Bertz CT molecular complexity index is 2360. The fraction of sp³-hybridized carbons (Fsp3) is 0.560. The zero-order valence-corrected chi connectivity index (χ0v) is 38.5. The zero-order chi connectivity index (χ0) is 45.3. The number of carbonyl (C=O) groups excluding carboxylic acids is 3. The van der Waals surface area contributed by atoms with Crippen LogP contribution in [0.2, 0.25) is 0 Å². The number of nitrogen functional groups attached to an aromatic ring is 1. The molecule has 15 heteroatoms. The summed E-state index contributed by atoms with van der Waals surface area (Å²) in [7, 11) is 2.19. The SMILES string of the molecule is CC(C)n1nc(-c2noc(C3CC3)c2-c2ccc(C3CCN(C)CC3)cn2)c2c(N)ncnc21.O=CCCCCCCCCN1CCC(c2ccc(NC3CCC(=O)NC3=O)cc2)CC1. The fourth-order valence-corrected chi connectivity index (χ4v) is 9.64. The molecule has 15 nitrogen and oxygen atoms in total. The monoisotopic (exact) mass is 886 g/mol. The number of nitrogens with one attached hydrogen (secondary N) is 2. The molecule has 4 aliphatic rings. The summed E-state index contributed by atoms with van der Waals surface area (Å²) in [4.78, 5) is 52.1. The number of anilines is 2. The molecule has 4 fully saturated rings. The number of aldehydes is 1. The number of amides is 2. The molecule has 346 valence electrons. The number of rotatable bonds is 17. The number of piperidine rings is 3. The van der Waals surface area contributed by atoms with E-state index in [2.05, 4.69) is 92.9 Å². The van der Waals surface area contributed by atoms with Gasteiger partial charge in [-0.25, -0.2) is 14.6 Å². The summed E-state index contributed by atoms with van der Waals surface area (Å²) in [5, 5.41) is 15.7. The smallest absolute Gasteiger partial charge is 0.249 e. The Morgan fingerprint density at radius 2 is 1.51 bits per heavy atom. The van der Waals surface area contributed by atoms with Crippen molar-refractivity contribution in [3.05, 3.63) is 65.8 Å². The molecule has 1 unspecified atom stereocenters. The highest BCUT2D eigenvalue weighted by molar-refractivity contribution is 6.02. The highest BCUT2D eigenvalue weighted by Crippen LogP contribution is 2.48. The Kier molecular flexibility index (Phi) is 15.3. The van der Waals surface area contributed by atoms with Gasteiger partial charge in [0.2, 0.25) is 11.8 Å². The third-order valence-corrected chi connectivity index (χ3v) is 13.7. The summed E-state index contributed by atoms with van der Waals surface area (Å²) in [5.41, 5.74) is 13.7. The van der Waals surface area contributed by atoms with Crippen molar-refractivity contribution < 1.29 is 18.9 Å². The number of nitrogens with two attached hydrogens (primary N) is 1. The number of hydrogen-bond donors (Lipinski definition) is 3. The summed E-state index contributed by atoms with van der Waals surface area (Å²) < 4.78 is 7.79. The quantitative estimate of drug-likeness (QED) is 0.0459. The van der Waals surface area contributed by atoms with Gasteiger partial charge >= 0.3 is 0 Å². The Balaban J connectivity index is 0.000000178. The number of carbonyl (C=O) groups is 3. The molecule has 0 bridgehead atoms. The lowest BCUT2D eigenvalue weighted by atomic mass is 9.89. The molecule has 4 N–H and O–H groups in total. The standard InChI is InChI=1S/C25H30N8O.C25H37N3O3/c1-14(2)33-25-20(24(26)28-13-29-25)21(30-33)22-19(23(34-31-22)16-4-5-16)18-7-6-17(12-27-18)15-8-10-32(3)11-9-15;29-19-7-5-3-1-2-4-6-16-28-17-14-21(15-18-28)20-8-10-22(11-9-20)26-23-12-13-24(30)27-25(23)31/h6-7,12-16H,4-5,8-11H2,1-3H3,(H2,26,28,29);8-11,19,21,23,26H,1-7,12-18H2,(H,27,30,31). The predicted octanol–water partition coefficient (Wildman–Crippen LogP) is 8.41. The van der Waals surface area contributed by atoms with E-state index >= 15 is 0 Å². The van der Waals surface area contributed by atoms with Crippen molar-refractivity contribution in [3.63, 3.8) is 0 Å². The molecule has 5 aromatic rings. The number of nitrogens with zero attached hydrogens (tertiary/aromatic N) is 8. The van der Waals surface area contributed by atoms with Crippen molar-refractivity contribution in [2.24, 2.45) is 0 Å². The van der Waals surface area contributed by atoms with E-state index in [0.29, 0.717) is 65.3 Å². The Labute approximate surface area is 382 Å². The maximum Gasteiger partial charge on any atom is 0.249 e. The van der Waals surface area contributed by atoms with Crippen LogP contribution in [0.5, 0.6) is 0 Å². The van der Waals surface area contributed by atoms with Crippen LogP contribution >= 0.6 is 0 Å². The van der Waals surface area contributed by atoms with E-state index in [-0.39, 0.29) is 23.9 Å². The number of unbranched alkanes of at least 4 members (excludes halogenated alkanes) is 6. The first-order chi connectivity index (χ1) is 31.7. The van der Waals surface area contributed by atoms with E-state index < -0.39 is 0 Å². The third-order valence-electron chi connectivity index (χ3n) is 13.7. The Hall–Kier alpha value is -5.54. The molecule has 4 aromatic heterocycles. The first-order valence-corrected chi connectivity index (χ1v) is 24.2. The van der Waals surface area contributed by atoms with Crippen LogP contribution in [-0.4, -0.2) is 104 Å². The van der Waals surface area contributed by atoms with Crippen LogP contribution in [0.1, 0.15) is 151 Å². The van der Waals surface area contributed by atoms with Gasteiger partial charge in [0.05, 0.1) is 16.6 Å². The summed E-state index contributed by atoms with van der Waals surface area (Å²) in [6, 6.07) is 12.6. The van der Waals surface area contributed by atoms with E-state index in [0.717, 1.165) is 61.3 Å². The molecule has 0 radical (unpaired) electrons. The van der Waals surface area contributed by atoms with Crippen LogP contribution in [-0.2, 0) is 14.4 Å². The lowest BCUT2D eigenvalue weighted by molar-refractivity contribution is -0.133. The van der Waals surface area contributed by atoms with Crippen molar-refractivity contribution in [1.82, 2.24) is 45.0 Å². The highest BCUT2D eigenvalue weighted by atomic mass is 16.5. The van der Waals surface area contributed by atoms with E-state index in [1.54, 1.807) is 0 Å². The second-order valence-corrected chi connectivity index (χ2v) is 18.9. The maximum absolute atomic E-state index is 11.9. The van der Waals surface area contributed by atoms with Crippen molar-refractivity contribution in [2.75, 3.05) is 50.8 Å². The van der Waals surface area contributed by atoms with Gasteiger partial charge in [0.25, 0.3) is 0 Å². The summed E-state index contributed by atoms with van der Waals surface area (Å²) in [5.74, 6) is 2.40. The number of hydrogen-bond acceptors (Lipinski definition) is 13. The van der Waals surface area contributed by atoms with E-state index in [1.807, 2.05) is 10.9 Å². The van der Waals surface area contributed by atoms with Gasteiger partial charge in [-0.2, -0.15) is 5.10 Å². The molecule has 65 heavy (non-hydrogen) atoms. The van der Waals surface area contributed by atoms with Crippen molar-refractivity contribution in [3.8, 4) is 22.6 Å². The van der Waals surface area contributed by atoms with E-state index in [4.69, 9.17) is 20.3 Å². The number of imide groups is 1. The van der Waals surface area contributed by atoms with Gasteiger partial charge in [-0.05, 0) is 153 Å². The number of likely N-dealkylation sites (tertiary alicyclic amines) is 2. The number of pyridine rings is 1. The van der Waals surface area contributed by atoms with Crippen LogP contribution in [0.4, 0.5) is 11.5 Å². The minimum Gasteiger partial charge on any atom is -0.383 e. The molecule has 2 amide bonds. The maximum atomic E-state index is 11.9. The first-order valence-electron chi connectivity index (χ1n) is 24.2. The van der Waals surface area contributed by atoms with E-state index in [9.17, 15) is 14.4 Å². The molecule has 1 saturated carbocycles. The molecule has 1 aliphatic carbocycles. The minimum absolute atomic E-state index is 0.107. The van der Waals surface area contributed by atoms with Crippen molar-refractivity contribution >= 4 is 40.6 Å².